The molecule has 1 rings (SSSR count). The summed E-state index contributed by atoms with van der Waals surface area (Å²) in [6.45, 7) is 0.503. The summed E-state index contributed by atoms with van der Waals surface area (Å²) in [7, 11) is -2.44. The Morgan fingerprint density at radius 1 is 1.23 bits per heavy atom. The van der Waals surface area contributed by atoms with E-state index in [1.165, 1.54) is 12.1 Å². The Morgan fingerprint density at radius 2 is 1.95 bits per heavy atom. The number of benzene rings is 1. The molecule has 0 aliphatic heterocycles. The number of unbranched alkanes of at least 4 members (excludes halogenated alkanes) is 1. The first-order valence-corrected chi connectivity index (χ1v) is 6.84. The average molecular weight is 322 g/mol. The summed E-state index contributed by atoms with van der Waals surface area (Å²) in [6.07, 6.45) is -2.99. The summed E-state index contributed by atoms with van der Waals surface area (Å²) < 4.78 is 63.3. The van der Waals surface area contributed by atoms with Gasteiger partial charge in [-0.25, -0.2) is 0 Å². The molecule has 0 amide bonds. The Labute approximate surface area is 132 Å². The maximum absolute atomic E-state index is 12.6. The van der Waals surface area contributed by atoms with Crippen molar-refractivity contribution >= 4 is 5.71 Å². The molecule has 0 fully saturated rings. The minimum atomic E-state index is -4.40. The van der Waals surface area contributed by atoms with Crippen LogP contribution in [0, 0.1) is 0 Å². The minimum absolute atomic E-state index is 0.0560. The lowest BCUT2D eigenvalue weighted by atomic mass is 10.0. The summed E-state index contributed by atoms with van der Waals surface area (Å²) in [5.41, 5.74) is 5.54. The highest BCUT2D eigenvalue weighted by atomic mass is 19.4. The second-order valence-electron chi connectivity index (χ2n) is 4.54. The second kappa shape index (κ2) is 9.42. The molecule has 2 N–H and O–H groups in total. The van der Waals surface area contributed by atoms with Crippen molar-refractivity contribution in [2.45, 2.75) is 25.4 Å². The zero-order valence-electron chi connectivity index (χ0n) is 15.0. The third-order valence-corrected chi connectivity index (χ3v) is 2.84. The van der Waals surface area contributed by atoms with Crippen LogP contribution in [0.25, 0.3) is 0 Å². The molecule has 0 aliphatic rings. The molecule has 1 aromatic rings. The Morgan fingerprint density at radius 3 is 2.55 bits per heavy atom. The standard InChI is InChI=1S/C15H21F3N2O2/c1-21-10-3-2-4-14(20-22-11-9-19)12-5-7-13(8-6-12)15(16,17)18/h5-8H,2-4,9-11,19H2,1H3/b20-14+/i1+1D3. The van der Waals surface area contributed by atoms with Crippen LogP contribution >= 0.6 is 0 Å². The Kier molecular flexibility index (Phi) is 6.01. The van der Waals surface area contributed by atoms with Gasteiger partial charge in [0.1, 0.15) is 6.61 Å². The maximum Gasteiger partial charge on any atom is 0.416 e. The highest BCUT2D eigenvalue weighted by molar-refractivity contribution is 6.00. The van der Waals surface area contributed by atoms with Crippen molar-refractivity contribution in [1.82, 2.24) is 0 Å². The summed E-state index contributed by atoms with van der Waals surface area (Å²) in [5.74, 6) is 0. The number of hydrogen-bond donors (Lipinski definition) is 1. The fraction of sp³-hybridized carbons (Fsp3) is 0.533. The Hall–Kier alpha value is -1.60. The highest BCUT2D eigenvalue weighted by Gasteiger charge is 2.30. The van der Waals surface area contributed by atoms with Crippen molar-refractivity contribution in [1.29, 1.82) is 0 Å². The van der Waals surface area contributed by atoms with Gasteiger partial charge in [-0.3, -0.25) is 0 Å². The number of alkyl halides is 3. The molecule has 22 heavy (non-hydrogen) atoms. The monoisotopic (exact) mass is 322 g/mol. The number of ether oxygens (including phenoxy) is 1. The Balaban J connectivity index is 2.68. The predicted molar refractivity (Wildman–Crippen MR) is 78.7 cm³/mol. The van der Waals surface area contributed by atoms with Crippen LogP contribution in [0.2, 0.25) is 0 Å². The van der Waals surface area contributed by atoms with Gasteiger partial charge < -0.3 is 15.3 Å². The minimum Gasteiger partial charge on any atom is -0.394 e. The quantitative estimate of drug-likeness (QED) is 0.329. The molecule has 0 aromatic heterocycles. The molecular formula is C15H21F3N2O2. The van der Waals surface area contributed by atoms with E-state index in [2.05, 4.69) is 9.89 Å². The molecular weight excluding hydrogens is 298 g/mol. The van der Waals surface area contributed by atoms with E-state index >= 15 is 0 Å². The van der Waals surface area contributed by atoms with Crippen molar-refractivity contribution in [3.63, 3.8) is 0 Å². The largest absolute Gasteiger partial charge is 0.416 e. The third kappa shape index (κ3) is 6.44. The number of halogens is 3. The fourth-order valence-electron chi connectivity index (χ4n) is 1.74. The van der Waals surface area contributed by atoms with Crippen molar-refractivity contribution in [2.24, 2.45) is 10.9 Å². The van der Waals surface area contributed by atoms with Gasteiger partial charge in [0.2, 0.25) is 0 Å². The number of methoxy groups -OCH3 is 1. The van der Waals surface area contributed by atoms with E-state index < -0.39 is 18.8 Å². The van der Waals surface area contributed by atoms with Crippen LogP contribution in [-0.2, 0) is 15.8 Å². The number of nitrogens with zero attached hydrogens (tertiary/aromatic N) is 1. The van der Waals surface area contributed by atoms with E-state index in [0.717, 1.165) is 12.1 Å². The lowest BCUT2D eigenvalue weighted by molar-refractivity contribution is -0.137. The lowest BCUT2D eigenvalue weighted by Crippen LogP contribution is -2.09. The van der Waals surface area contributed by atoms with Crippen LogP contribution in [0.5, 0.6) is 0 Å². The molecule has 4 nitrogen and oxygen atoms in total. The second-order valence-corrected chi connectivity index (χ2v) is 4.54. The summed E-state index contributed by atoms with van der Waals surface area (Å²) in [5, 5.41) is 3.93. The van der Waals surface area contributed by atoms with Crippen LogP contribution < -0.4 is 5.73 Å². The normalized spacial score (nSPS) is 15.1. The number of hydrogen-bond acceptors (Lipinski definition) is 4. The zero-order chi connectivity index (χ0) is 18.9. The first-order valence-electron chi connectivity index (χ1n) is 8.34. The summed E-state index contributed by atoms with van der Waals surface area (Å²) in [4.78, 5) is 5.03. The van der Waals surface area contributed by atoms with Crippen LogP contribution in [0.3, 0.4) is 0 Å². The van der Waals surface area contributed by atoms with Crippen molar-refractivity contribution < 1.29 is 26.9 Å². The molecule has 0 spiro atoms. The smallest absolute Gasteiger partial charge is 0.394 e. The SMILES string of the molecule is [2H][13C]([2H])([2H])OCCCC/C(=N\OCCN)c1ccc(C(F)(F)F)cc1. The molecule has 0 aliphatic carbocycles. The zero-order valence-corrected chi connectivity index (χ0v) is 12.0. The van der Waals surface area contributed by atoms with Crippen molar-refractivity contribution in [3.8, 4) is 0 Å². The number of rotatable bonds is 9. The molecule has 0 atom stereocenters. The third-order valence-electron chi connectivity index (χ3n) is 2.84. The van der Waals surface area contributed by atoms with Gasteiger partial charge in [-0.05, 0) is 37.0 Å². The Bertz CT molecular complexity index is 546. The molecule has 0 saturated heterocycles. The summed E-state index contributed by atoms with van der Waals surface area (Å²) >= 11 is 0. The van der Waals surface area contributed by atoms with Gasteiger partial charge in [-0.2, -0.15) is 13.2 Å². The van der Waals surface area contributed by atoms with E-state index in [-0.39, 0.29) is 19.8 Å². The van der Waals surface area contributed by atoms with E-state index in [9.17, 15) is 13.2 Å². The van der Waals surface area contributed by atoms with Crippen LogP contribution in [0.1, 0.15) is 34.5 Å². The molecule has 124 valence electrons. The van der Waals surface area contributed by atoms with E-state index in [0.29, 0.717) is 30.5 Å². The molecule has 1 aromatic carbocycles. The fourth-order valence-corrected chi connectivity index (χ4v) is 1.74. The van der Waals surface area contributed by atoms with E-state index in [1.54, 1.807) is 0 Å². The lowest BCUT2D eigenvalue weighted by Gasteiger charge is -2.10. The number of nitrogens with two attached hydrogens (primary N) is 1. The molecule has 0 saturated carbocycles. The van der Waals surface area contributed by atoms with Gasteiger partial charge in [0.15, 0.2) is 0 Å². The molecule has 7 heteroatoms. The van der Waals surface area contributed by atoms with Gasteiger partial charge in [-0.1, -0.05) is 17.3 Å². The average Bonchev–Trinajstić information content (AvgIpc) is 2.51. The summed E-state index contributed by atoms with van der Waals surface area (Å²) in [6, 6.07) is 4.61. The van der Waals surface area contributed by atoms with E-state index in [4.69, 9.17) is 14.7 Å². The van der Waals surface area contributed by atoms with Crippen LogP contribution in [0.15, 0.2) is 29.4 Å². The topological polar surface area (TPSA) is 56.8 Å². The van der Waals surface area contributed by atoms with Gasteiger partial charge >= 0.3 is 6.18 Å². The maximum atomic E-state index is 12.6. The van der Waals surface area contributed by atoms with Crippen LogP contribution in [0.4, 0.5) is 13.2 Å². The van der Waals surface area contributed by atoms with Gasteiger partial charge in [-0.15, -0.1) is 0 Å². The van der Waals surface area contributed by atoms with Gasteiger partial charge in [0.25, 0.3) is 0 Å². The number of oxime groups is 1. The molecule has 0 heterocycles. The van der Waals surface area contributed by atoms with Crippen LogP contribution in [-0.4, -0.2) is 32.5 Å². The predicted octanol–water partition coefficient (Wildman–Crippen LogP) is 3.20. The van der Waals surface area contributed by atoms with Gasteiger partial charge in [0.05, 0.1) is 15.4 Å². The molecule has 0 bridgehead atoms. The molecule has 0 radical (unpaired) electrons. The highest BCUT2D eigenvalue weighted by Crippen LogP contribution is 2.29. The van der Waals surface area contributed by atoms with Crippen molar-refractivity contribution in [3.05, 3.63) is 35.4 Å². The molecule has 0 unspecified atom stereocenters. The first-order chi connectivity index (χ1) is 11.6. The van der Waals surface area contributed by atoms with E-state index in [1.807, 2.05) is 0 Å². The van der Waals surface area contributed by atoms with Gasteiger partial charge in [0, 0.05) is 20.2 Å². The van der Waals surface area contributed by atoms with Crippen molar-refractivity contribution in [2.75, 3.05) is 26.8 Å². The first kappa shape index (κ1) is 14.0.